The molecular weight excluding hydrogens is 369 g/mol. The fraction of sp³-hybridized carbons (Fsp3) is 0.350. The van der Waals surface area contributed by atoms with Crippen LogP contribution in [0.5, 0.6) is 0 Å². The van der Waals surface area contributed by atoms with Crippen LogP contribution in [0.25, 0.3) is 0 Å². The Morgan fingerprint density at radius 1 is 1.12 bits per heavy atom. The number of halogens is 2. The van der Waals surface area contributed by atoms with Gasteiger partial charge in [0.15, 0.2) is 0 Å². The van der Waals surface area contributed by atoms with Gasteiger partial charge in [0.05, 0.1) is 5.56 Å². The predicted molar refractivity (Wildman–Crippen MR) is 106 cm³/mol. The summed E-state index contributed by atoms with van der Waals surface area (Å²) in [5, 5.41) is 4.92. The van der Waals surface area contributed by atoms with Crippen molar-refractivity contribution in [3.05, 3.63) is 63.6 Å². The Morgan fingerprint density at radius 2 is 1.85 bits per heavy atom. The van der Waals surface area contributed by atoms with Crippen molar-refractivity contribution in [3.8, 4) is 0 Å². The van der Waals surface area contributed by atoms with Crippen molar-refractivity contribution in [2.24, 2.45) is 0 Å². The number of hydrogen-bond donors (Lipinski definition) is 1. The highest BCUT2D eigenvalue weighted by atomic mass is 35.5. The molecule has 2 aromatic carbocycles. The van der Waals surface area contributed by atoms with E-state index in [2.05, 4.69) is 17.3 Å². The molecule has 2 aliphatic heterocycles. The molecule has 2 heterocycles. The van der Waals surface area contributed by atoms with Crippen LogP contribution >= 0.6 is 23.2 Å². The van der Waals surface area contributed by atoms with Gasteiger partial charge in [0.25, 0.3) is 5.91 Å². The molecule has 2 aliphatic rings. The highest BCUT2D eigenvalue weighted by molar-refractivity contribution is 6.33. The monoisotopic (exact) mass is 389 g/mol. The molecule has 1 N–H and O–H groups in total. The second-order valence-electron chi connectivity index (χ2n) is 7.13. The molecule has 1 spiro atoms. The molecule has 0 bridgehead atoms. The summed E-state index contributed by atoms with van der Waals surface area (Å²) in [6.45, 7) is 2.30. The summed E-state index contributed by atoms with van der Waals surface area (Å²) in [5.41, 5.74) is 2.08. The number of carbonyl (C=O) groups is 1. The second-order valence-corrected chi connectivity index (χ2v) is 7.98. The van der Waals surface area contributed by atoms with Crippen LogP contribution in [-0.2, 0) is 6.54 Å². The van der Waals surface area contributed by atoms with Crippen molar-refractivity contribution in [2.45, 2.75) is 25.0 Å². The predicted octanol–water partition coefficient (Wildman–Crippen LogP) is 4.48. The Bertz CT molecular complexity index is 847. The summed E-state index contributed by atoms with van der Waals surface area (Å²) < 4.78 is 0. The third-order valence-corrected chi connectivity index (χ3v) is 6.04. The molecule has 0 aliphatic carbocycles. The molecule has 1 saturated heterocycles. The summed E-state index contributed by atoms with van der Waals surface area (Å²) >= 11 is 12.6. The molecule has 136 valence electrons. The van der Waals surface area contributed by atoms with Gasteiger partial charge < -0.3 is 15.1 Å². The van der Waals surface area contributed by atoms with Gasteiger partial charge in [-0.2, -0.15) is 0 Å². The van der Waals surface area contributed by atoms with Gasteiger partial charge in [-0.3, -0.25) is 4.79 Å². The molecule has 6 heteroatoms. The molecular formula is C20H21Cl2N3O. The van der Waals surface area contributed by atoms with Crippen LogP contribution < -0.4 is 5.32 Å². The van der Waals surface area contributed by atoms with Crippen LogP contribution in [0.15, 0.2) is 42.5 Å². The zero-order valence-electron chi connectivity index (χ0n) is 14.6. The van der Waals surface area contributed by atoms with E-state index in [0.717, 1.165) is 37.2 Å². The third-order valence-electron chi connectivity index (χ3n) is 5.44. The maximum atomic E-state index is 13.4. The van der Waals surface area contributed by atoms with Gasteiger partial charge >= 0.3 is 0 Å². The Hall–Kier alpha value is -1.75. The number of fused-ring (bicyclic) bond motifs is 1. The van der Waals surface area contributed by atoms with Crippen molar-refractivity contribution in [1.29, 1.82) is 0 Å². The van der Waals surface area contributed by atoms with Crippen LogP contribution in [0.3, 0.4) is 0 Å². The van der Waals surface area contributed by atoms with Crippen LogP contribution in [0.2, 0.25) is 10.0 Å². The van der Waals surface area contributed by atoms with Gasteiger partial charge in [-0.1, -0.05) is 35.3 Å². The van der Waals surface area contributed by atoms with Gasteiger partial charge in [0.1, 0.15) is 5.66 Å². The quantitative estimate of drug-likeness (QED) is 0.821. The normalized spacial score (nSPS) is 19.3. The van der Waals surface area contributed by atoms with E-state index in [-0.39, 0.29) is 5.91 Å². The number of nitrogens with zero attached hydrogens (tertiary/aromatic N) is 2. The van der Waals surface area contributed by atoms with Crippen molar-refractivity contribution in [2.75, 3.05) is 25.5 Å². The fourth-order valence-corrected chi connectivity index (χ4v) is 4.25. The maximum Gasteiger partial charge on any atom is 0.258 e. The first-order valence-electron chi connectivity index (χ1n) is 8.80. The van der Waals surface area contributed by atoms with Gasteiger partial charge in [0.2, 0.25) is 0 Å². The average molecular weight is 390 g/mol. The zero-order valence-corrected chi connectivity index (χ0v) is 16.1. The average Bonchev–Trinajstić information content (AvgIpc) is 2.64. The van der Waals surface area contributed by atoms with Crippen molar-refractivity contribution in [3.63, 3.8) is 0 Å². The Labute approximate surface area is 163 Å². The molecule has 0 saturated carbocycles. The summed E-state index contributed by atoms with van der Waals surface area (Å²) in [6.07, 6.45) is 1.73. The third kappa shape index (κ3) is 3.07. The summed E-state index contributed by atoms with van der Waals surface area (Å²) in [4.78, 5) is 17.6. The number of para-hydroxylation sites is 1. The van der Waals surface area contributed by atoms with Crippen molar-refractivity contribution < 1.29 is 4.79 Å². The first kappa shape index (κ1) is 17.7. The lowest BCUT2D eigenvalue weighted by atomic mass is 9.89. The van der Waals surface area contributed by atoms with Crippen LogP contribution in [0, 0.1) is 0 Å². The summed E-state index contributed by atoms with van der Waals surface area (Å²) in [7, 11) is 2.11. The molecule has 1 fully saturated rings. The summed E-state index contributed by atoms with van der Waals surface area (Å²) in [6, 6.07) is 13.1. The zero-order chi connectivity index (χ0) is 18.3. The molecule has 1 amide bonds. The number of benzene rings is 2. The van der Waals surface area contributed by atoms with Gasteiger partial charge in [-0.25, -0.2) is 0 Å². The molecule has 0 atom stereocenters. The number of hydrogen-bond acceptors (Lipinski definition) is 3. The minimum absolute atomic E-state index is 0.0416. The maximum absolute atomic E-state index is 13.4. The first-order valence-corrected chi connectivity index (χ1v) is 9.56. The lowest BCUT2D eigenvalue weighted by molar-refractivity contribution is 0.0270. The van der Waals surface area contributed by atoms with Gasteiger partial charge in [-0.05, 0) is 42.9 Å². The number of carbonyl (C=O) groups excluding carboxylic acids is 1. The van der Waals surface area contributed by atoms with E-state index in [1.165, 1.54) is 0 Å². The van der Waals surface area contributed by atoms with Crippen molar-refractivity contribution in [1.82, 2.24) is 9.80 Å². The van der Waals surface area contributed by atoms with E-state index < -0.39 is 5.66 Å². The largest absolute Gasteiger partial charge is 0.362 e. The number of anilines is 1. The van der Waals surface area contributed by atoms with Crippen LogP contribution in [0.4, 0.5) is 5.69 Å². The molecule has 0 radical (unpaired) electrons. The van der Waals surface area contributed by atoms with E-state index >= 15 is 0 Å². The van der Waals surface area contributed by atoms with Crippen molar-refractivity contribution >= 4 is 34.8 Å². The highest BCUT2D eigenvalue weighted by Gasteiger charge is 2.46. The SMILES string of the molecule is CN1CCC2(CC1)Nc1ccccc1C(=O)N2Cc1cc(Cl)ccc1Cl. The highest BCUT2D eigenvalue weighted by Crippen LogP contribution is 2.39. The number of nitrogens with one attached hydrogen (secondary N) is 1. The first-order chi connectivity index (χ1) is 12.5. The molecule has 26 heavy (non-hydrogen) atoms. The number of rotatable bonds is 2. The van der Waals surface area contributed by atoms with E-state index in [4.69, 9.17) is 23.2 Å². The Kier molecular flexibility index (Phi) is 4.59. The number of likely N-dealkylation sites (tertiary alicyclic amines) is 1. The Morgan fingerprint density at radius 3 is 2.62 bits per heavy atom. The molecule has 2 aromatic rings. The number of amides is 1. The topological polar surface area (TPSA) is 35.6 Å². The second kappa shape index (κ2) is 6.76. The number of piperidine rings is 1. The molecule has 4 rings (SSSR count). The minimum atomic E-state index is -0.399. The van der Waals surface area contributed by atoms with Crippen LogP contribution in [-0.4, -0.2) is 41.5 Å². The van der Waals surface area contributed by atoms with E-state index in [1.54, 1.807) is 12.1 Å². The lowest BCUT2D eigenvalue weighted by Crippen LogP contribution is -2.63. The smallest absolute Gasteiger partial charge is 0.258 e. The molecule has 0 unspecified atom stereocenters. The van der Waals surface area contributed by atoms with Crippen LogP contribution in [0.1, 0.15) is 28.8 Å². The van der Waals surface area contributed by atoms with E-state index in [9.17, 15) is 4.79 Å². The molecule has 4 nitrogen and oxygen atoms in total. The molecule has 0 aromatic heterocycles. The fourth-order valence-electron chi connectivity index (χ4n) is 3.88. The van der Waals surface area contributed by atoms with Gasteiger partial charge in [0, 0.05) is 48.2 Å². The Balaban J connectivity index is 1.76. The van der Waals surface area contributed by atoms with Gasteiger partial charge in [-0.15, -0.1) is 0 Å². The van der Waals surface area contributed by atoms with E-state index in [1.807, 2.05) is 35.2 Å². The lowest BCUT2D eigenvalue weighted by Gasteiger charge is -2.52. The minimum Gasteiger partial charge on any atom is -0.362 e. The summed E-state index contributed by atoms with van der Waals surface area (Å²) in [5.74, 6) is 0.0416. The standard InChI is InChI=1S/C20H21Cl2N3O/c1-24-10-8-20(9-11-24)23-18-5-3-2-4-16(18)19(26)25(20)13-14-12-15(21)6-7-17(14)22/h2-7,12,23H,8-11,13H2,1H3. The van der Waals surface area contributed by atoms with E-state index in [0.29, 0.717) is 22.2 Å².